The molecule has 0 aliphatic carbocycles. The Morgan fingerprint density at radius 2 is 1.73 bits per heavy atom. The third-order valence-electron chi connectivity index (χ3n) is 5.53. The number of hydrogen-bond donors (Lipinski definition) is 0. The van der Waals surface area contributed by atoms with Gasteiger partial charge >= 0.3 is 0 Å². The average Bonchev–Trinajstić information content (AvgIpc) is 3.43. The van der Waals surface area contributed by atoms with Crippen LogP contribution in [-0.4, -0.2) is 42.7 Å². The second-order valence-electron chi connectivity index (χ2n) is 7.52. The first-order chi connectivity index (χ1) is 14.5. The quantitative estimate of drug-likeness (QED) is 0.630. The number of hydrogen-bond acceptors (Lipinski definition) is 7. The zero-order valence-electron chi connectivity index (χ0n) is 16.4. The van der Waals surface area contributed by atoms with E-state index in [9.17, 15) is 8.42 Å². The van der Waals surface area contributed by atoms with Gasteiger partial charge in [-0.25, -0.2) is 8.42 Å². The van der Waals surface area contributed by atoms with Crippen LogP contribution in [0.15, 0.2) is 51.9 Å². The zero-order chi connectivity index (χ0) is 20.7. The van der Waals surface area contributed by atoms with Crippen LogP contribution in [0.5, 0.6) is 11.5 Å². The molecule has 9 heteroatoms. The van der Waals surface area contributed by atoms with E-state index in [0.29, 0.717) is 54.0 Å². The highest BCUT2D eigenvalue weighted by molar-refractivity contribution is 7.89. The van der Waals surface area contributed by atoms with Gasteiger partial charge in [-0.1, -0.05) is 22.9 Å². The van der Waals surface area contributed by atoms with Crippen molar-refractivity contribution in [2.45, 2.75) is 30.6 Å². The predicted molar refractivity (Wildman–Crippen MR) is 108 cm³/mol. The summed E-state index contributed by atoms with van der Waals surface area (Å²) in [4.78, 5) is 4.87. The maximum atomic E-state index is 12.9. The number of ether oxygens (including phenoxy) is 2. The zero-order valence-corrected chi connectivity index (χ0v) is 17.3. The molecule has 30 heavy (non-hydrogen) atoms. The van der Waals surface area contributed by atoms with Gasteiger partial charge in [-0.2, -0.15) is 9.29 Å². The van der Waals surface area contributed by atoms with Gasteiger partial charge in [-0.15, -0.1) is 0 Å². The molecule has 156 valence electrons. The highest BCUT2D eigenvalue weighted by atomic mass is 32.2. The molecule has 0 atom stereocenters. The fourth-order valence-electron chi connectivity index (χ4n) is 3.76. The lowest BCUT2D eigenvalue weighted by Crippen LogP contribution is -2.37. The summed E-state index contributed by atoms with van der Waals surface area (Å²) in [5.41, 5.74) is 1.82. The molecule has 2 aliphatic heterocycles. The van der Waals surface area contributed by atoms with Crippen molar-refractivity contribution in [2.24, 2.45) is 0 Å². The van der Waals surface area contributed by atoms with Gasteiger partial charge in [0, 0.05) is 24.6 Å². The van der Waals surface area contributed by atoms with E-state index >= 15 is 0 Å². The minimum absolute atomic E-state index is 0.0322. The van der Waals surface area contributed by atoms with Crippen molar-refractivity contribution in [2.75, 3.05) is 19.9 Å². The number of benzene rings is 2. The molecule has 8 nitrogen and oxygen atoms in total. The van der Waals surface area contributed by atoms with E-state index in [1.807, 2.05) is 37.3 Å². The summed E-state index contributed by atoms with van der Waals surface area (Å²) < 4.78 is 43.5. The molecular formula is C21H21N3O5S. The fourth-order valence-corrected chi connectivity index (χ4v) is 5.23. The lowest BCUT2D eigenvalue weighted by Gasteiger charge is -2.29. The minimum atomic E-state index is -3.49. The summed E-state index contributed by atoms with van der Waals surface area (Å²) in [5.74, 6) is 2.41. The van der Waals surface area contributed by atoms with Gasteiger partial charge in [-0.3, -0.25) is 0 Å². The van der Waals surface area contributed by atoms with E-state index in [-0.39, 0.29) is 12.7 Å². The van der Waals surface area contributed by atoms with Gasteiger partial charge in [-0.05, 0) is 50.1 Å². The van der Waals surface area contributed by atoms with Crippen LogP contribution in [0.4, 0.5) is 0 Å². The molecule has 0 spiro atoms. The molecule has 2 aliphatic rings. The maximum Gasteiger partial charge on any atom is 0.243 e. The number of aromatic nitrogens is 2. The van der Waals surface area contributed by atoms with Gasteiger partial charge in [0.2, 0.25) is 28.5 Å². The summed E-state index contributed by atoms with van der Waals surface area (Å²) in [6.45, 7) is 2.98. The van der Waals surface area contributed by atoms with Crippen molar-refractivity contribution in [1.29, 1.82) is 0 Å². The molecule has 0 radical (unpaired) electrons. The van der Waals surface area contributed by atoms with Crippen molar-refractivity contribution >= 4 is 10.0 Å². The smallest absolute Gasteiger partial charge is 0.243 e. The molecule has 1 fully saturated rings. The first-order valence-electron chi connectivity index (χ1n) is 9.81. The Bertz CT molecular complexity index is 1170. The van der Waals surface area contributed by atoms with Crippen LogP contribution in [0, 0.1) is 6.92 Å². The van der Waals surface area contributed by atoms with Crippen LogP contribution in [0.1, 0.15) is 30.2 Å². The largest absolute Gasteiger partial charge is 0.454 e. The molecule has 0 bridgehead atoms. The van der Waals surface area contributed by atoms with Crippen molar-refractivity contribution in [3.8, 4) is 22.9 Å². The molecule has 2 aromatic carbocycles. The highest BCUT2D eigenvalue weighted by Crippen LogP contribution is 2.36. The molecule has 1 aromatic heterocycles. The lowest BCUT2D eigenvalue weighted by atomic mass is 9.98. The molecule has 3 aromatic rings. The Labute approximate surface area is 174 Å². The highest BCUT2D eigenvalue weighted by Gasteiger charge is 2.32. The Morgan fingerprint density at radius 1 is 1.00 bits per heavy atom. The summed E-state index contributed by atoms with van der Waals surface area (Å²) in [7, 11) is -3.49. The molecule has 1 saturated heterocycles. The first kappa shape index (κ1) is 19.1. The van der Waals surface area contributed by atoms with Gasteiger partial charge in [0.1, 0.15) is 0 Å². The van der Waals surface area contributed by atoms with Crippen LogP contribution in [0.3, 0.4) is 0 Å². The lowest BCUT2D eigenvalue weighted by molar-refractivity contribution is 0.174. The second-order valence-corrected chi connectivity index (χ2v) is 9.45. The third-order valence-corrected chi connectivity index (χ3v) is 7.45. The van der Waals surface area contributed by atoms with E-state index in [2.05, 4.69) is 10.1 Å². The summed E-state index contributed by atoms with van der Waals surface area (Å²) in [6, 6.07) is 12.5. The van der Waals surface area contributed by atoms with Crippen LogP contribution in [-0.2, 0) is 10.0 Å². The Balaban J connectivity index is 1.28. The van der Waals surface area contributed by atoms with E-state index in [1.54, 1.807) is 12.1 Å². The molecule has 0 N–H and O–H groups in total. The molecule has 0 unspecified atom stereocenters. The van der Waals surface area contributed by atoms with E-state index in [0.717, 1.165) is 11.1 Å². The van der Waals surface area contributed by atoms with Crippen LogP contribution >= 0.6 is 0 Å². The SMILES string of the molecule is Cc1ccc(S(=O)(=O)N2CCC(c3nc(-c4ccc5c(c4)OCO5)no3)CC2)cc1. The Kier molecular flexibility index (Phi) is 4.71. The van der Waals surface area contributed by atoms with E-state index < -0.39 is 10.0 Å². The van der Waals surface area contributed by atoms with Gasteiger partial charge < -0.3 is 14.0 Å². The molecule has 3 heterocycles. The number of sulfonamides is 1. The average molecular weight is 427 g/mol. The third kappa shape index (κ3) is 3.44. The first-order valence-corrected chi connectivity index (χ1v) is 11.3. The molecule has 0 saturated carbocycles. The molecule has 0 amide bonds. The van der Waals surface area contributed by atoms with Gasteiger partial charge in [0.05, 0.1) is 4.90 Å². The van der Waals surface area contributed by atoms with Gasteiger partial charge in [0.15, 0.2) is 11.5 Å². The number of aryl methyl sites for hydroxylation is 1. The van der Waals surface area contributed by atoms with Crippen LogP contribution in [0.25, 0.3) is 11.4 Å². The number of rotatable bonds is 4. The number of piperidine rings is 1. The van der Waals surface area contributed by atoms with Gasteiger partial charge in [0.25, 0.3) is 0 Å². The van der Waals surface area contributed by atoms with Crippen LogP contribution in [0.2, 0.25) is 0 Å². The predicted octanol–water partition coefficient (Wildman–Crippen LogP) is 3.34. The normalized spacial score (nSPS) is 17.4. The standard InChI is InChI=1S/C21H21N3O5S/c1-14-2-5-17(6-3-14)30(25,26)24-10-8-15(9-11-24)21-22-20(23-29-21)16-4-7-18-19(12-16)28-13-27-18/h2-7,12,15H,8-11,13H2,1H3. The number of nitrogens with zero attached hydrogens (tertiary/aromatic N) is 3. The van der Waals surface area contributed by atoms with E-state index in [1.165, 1.54) is 4.31 Å². The summed E-state index contributed by atoms with van der Waals surface area (Å²) >= 11 is 0. The Hall–Kier alpha value is -2.91. The monoisotopic (exact) mass is 427 g/mol. The summed E-state index contributed by atoms with van der Waals surface area (Å²) in [6.07, 6.45) is 1.27. The second kappa shape index (κ2) is 7.41. The topological polar surface area (TPSA) is 94.8 Å². The molecule has 5 rings (SSSR count). The van der Waals surface area contributed by atoms with Crippen molar-refractivity contribution in [3.05, 3.63) is 53.9 Å². The van der Waals surface area contributed by atoms with Crippen molar-refractivity contribution < 1.29 is 22.4 Å². The number of fused-ring (bicyclic) bond motifs is 1. The molecular weight excluding hydrogens is 406 g/mol. The van der Waals surface area contributed by atoms with E-state index in [4.69, 9.17) is 14.0 Å². The fraction of sp³-hybridized carbons (Fsp3) is 0.333. The van der Waals surface area contributed by atoms with Crippen molar-refractivity contribution in [1.82, 2.24) is 14.4 Å². The Morgan fingerprint density at radius 3 is 2.50 bits per heavy atom. The maximum absolute atomic E-state index is 12.9. The van der Waals surface area contributed by atoms with Crippen LogP contribution < -0.4 is 9.47 Å². The minimum Gasteiger partial charge on any atom is -0.454 e. The van der Waals surface area contributed by atoms with Crippen molar-refractivity contribution in [3.63, 3.8) is 0 Å². The summed E-state index contributed by atoms with van der Waals surface area (Å²) in [5, 5.41) is 4.10.